The lowest BCUT2D eigenvalue weighted by atomic mass is 10.2. The minimum absolute atomic E-state index is 0.146. The lowest BCUT2D eigenvalue weighted by molar-refractivity contribution is 0.102. The number of amides is 1. The summed E-state index contributed by atoms with van der Waals surface area (Å²) in [6.45, 7) is 0. The highest BCUT2D eigenvalue weighted by Gasteiger charge is 2.08. The number of fused-ring (bicyclic) bond motifs is 1. The average Bonchev–Trinajstić information content (AvgIpc) is 3.29. The molecule has 3 heterocycles. The van der Waals surface area contributed by atoms with E-state index >= 15 is 0 Å². The van der Waals surface area contributed by atoms with E-state index in [1.165, 1.54) is 11.3 Å². The van der Waals surface area contributed by atoms with E-state index in [0.29, 0.717) is 10.7 Å². The van der Waals surface area contributed by atoms with Gasteiger partial charge in [0.25, 0.3) is 5.91 Å². The van der Waals surface area contributed by atoms with Crippen LogP contribution < -0.4 is 5.32 Å². The van der Waals surface area contributed by atoms with Gasteiger partial charge >= 0.3 is 0 Å². The van der Waals surface area contributed by atoms with Crippen LogP contribution in [0.25, 0.3) is 5.65 Å². The Bertz CT molecular complexity index is 961. The van der Waals surface area contributed by atoms with Crippen LogP contribution in [-0.4, -0.2) is 20.3 Å². The van der Waals surface area contributed by atoms with Crippen molar-refractivity contribution in [1.82, 2.24) is 14.4 Å². The van der Waals surface area contributed by atoms with Crippen LogP contribution in [0.15, 0.2) is 71.3 Å². The molecule has 25 heavy (non-hydrogen) atoms. The van der Waals surface area contributed by atoms with E-state index in [0.717, 1.165) is 22.0 Å². The van der Waals surface area contributed by atoms with Crippen LogP contribution in [0, 0.1) is 0 Å². The molecule has 7 heteroatoms. The normalized spacial score (nSPS) is 10.9. The van der Waals surface area contributed by atoms with E-state index in [4.69, 9.17) is 0 Å². The second kappa shape index (κ2) is 7.08. The predicted molar refractivity (Wildman–Crippen MR) is 101 cm³/mol. The zero-order valence-electron chi connectivity index (χ0n) is 13.1. The summed E-state index contributed by atoms with van der Waals surface area (Å²) >= 11 is 3.10. The monoisotopic (exact) mass is 366 g/mol. The molecule has 0 aliphatic heterocycles. The molecule has 4 aromatic rings. The number of anilines is 1. The molecular weight excluding hydrogens is 352 g/mol. The van der Waals surface area contributed by atoms with Crippen LogP contribution in [-0.2, 0) is 5.75 Å². The van der Waals surface area contributed by atoms with Crippen molar-refractivity contribution in [1.29, 1.82) is 0 Å². The number of hydrogen-bond acceptors (Lipinski definition) is 5. The van der Waals surface area contributed by atoms with Crippen LogP contribution in [0.5, 0.6) is 0 Å². The molecule has 1 N–H and O–H groups in total. The van der Waals surface area contributed by atoms with Gasteiger partial charge in [-0.05, 0) is 36.4 Å². The molecule has 0 saturated heterocycles. The molecule has 0 spiro atoms. The third-order valence-electron chi connectivity index (χ3n) is 3.57. The van der Waals surface area contributed by atoms with Crippen molar-refractivity contribution in [2.45, 2.75) is 10.6 Å². The molecule has 3 aromatic heterocycles. The molecule has 0 saturated carbocycles. The molecule has 4 rings (SSSR count). The number of carbonyl (C=O) groups excluding carboxylic acids is 1. The Balaban J connectivity index is 1.39. The number of pyridine rings is 1. The quantitative estimate of drug-likeness (QED) is 0.534. The maximum Gasteiger partial charge on any atom is 0.257 e. The van der Waals surface area contributed by atoms with Crippen LogP contribution in [0.3, 0.4) is 0 Å². The van der Waals surface area contributed by atoms with Crippen LogP contribution in [0.2, 0.25) is 0 Å². The highest BCUT2D eigenvalue weighted by atomic mass is 32.2. The number of imidazole rings is 1. The van der Waals surface area contributed by atoms with E-state index in [9.17, 15) is 4.79 Å². The molecule has 0 atom stereocenters. The summed E-state index contributed by atoms with van der Waals surface area (Å²) in [7, 11) is 0. The summed E-state index contributed by atoms with van der Waals surface area (Å²) in [6.07, 6.45) is 5.70. The van der Waals surface area contributed by atoms with Gasteiger partial charge in [-0.15, -0.1) is 23.1 Å². The molecular formula is C18H14N4OS2. The summed E-state index contributed by atoms with van der Waals surface area (Å²) in [5, 5.41) is 5.21. The van der Waals surface area contributed by atoms with Crippen molar-refractivity contribution in [3.05, 3.63) is 77.7 Å². The number of carbonyl (C=O) groups is 1. The standard InChI is InChI=1S/C18H14N4OS2/c23-17(21-18-19-8-10-24-18)13-4-6-15(7-5-13)25-12-14-11-22-9-2-1-3-16(22)20-14/h1-11H,12H2,(H,19,21,23). The van der Waals surface area contributed by atoms with Gasteiger partial charge < -0.3 is 4.40 Å². The number of thiazole rings is 1. The zero-order valence-corrected chi connectivity index (χ0v) is 14.8. The van der Waals surface area contributed by atoms with Crippen molar-refractivity contribution in [2.75, 3.05) is 5.32 Å². The van der Waals surface area contributed by atoms with Crippen LogP contribution in [0.1, 0.15) is 16.1 Å². The van der Waals surface area contributed by atoms with Gasteiger partial charge in [-0.3, -0.25) is 10.1 Å². The van der Waals surface area contributed by atoms with E-state index in [1.54, 1.807) is 18.0 Å². The molecule has 0 fully saturated rings. The second-order valence-corrected chi connectivity index (χ2v) is 7.25. The van der Waals surface area contributed by atoms with Gasteiger partial charge in [0, 0.05) is 40.2 Å². The Hall–Kier alpha value is -2.64. The van der Waals surface area contributed by atoms with Gasteiger partial charge in [-0.25, -0.2) is 9.97 Å². The minimum atomic E-state index is -0.146. The molecule has 0 aliphatic carbocycles. The third kappa shape index (κ3) is 3.72. The van der Waals surface area contributed by atoms with Crippen molar-refractivity contribution in [2.24, 2.45) is 0 Å². The van der Waals surface area contributed by atoms with Gasteiger partial charge in [0.05, 0.1) is 5.69 Å². The van der Waals surface area contributed by atoms with Crippen LogP contribution >= 0.6 is 23.1 Å². The van der Waals surface area contributed by atoms with Gasteiger partial charge in [-0.1, -0.05) is 6.07 Å². The maximum atomic E-state index is 12.1. The first-order valence-electron chi connectivity index (χ1n) is 7.64. The lowest BCUT2D eigenvalue weighted by Gasteiger charge is -2.03. The molecule has 0 bridgehead atoms. The molecule has 5 nitrogen and oxygen atoms in total. The first-order chi connectivity index (χ1) is 12.3. The van der Waals surface area contributed by atoms with Crippen LogP contribution in [0.4, 0.5) is 5.13 Å². The highest BCUT2D eigenvalue weighted by molar-refractivity contribution is 7.98. The first kappa shape index (κ1) is 15.9. The number of nitrogens with zero attached hydrogens (tertiary/aromatic N) is 3. The minimum Gasteiger partial charge on any atom is -0.307 e. The number of rotatable bonds is 5. The SMILES string of the molecule is O=C(Nc1nccs1)c1ccc(SCc2cn3ccccc3n2)cc1. The van der Waals surface area contributed by atoms with Crippen molar-refractivity contribution >= 4 is 39.8 Å². The van der Waals surface area contributed by atoms with E-state index in [1.807, 2.05) is 64.6 Å². The van der Waals surface area contributed by atoms with Gasteiger partial charge in [-0.2, -0.15) is 0 Å². The zero-order chi connectivity index (χ0) is 17.1. The van der Waals surface area contributed by atoms with Crippen molar-refractivity contribution in [3.63, 3.8) is 0 Å². The van der Waals surface area contributed by atoms with Crippen molar-refractivity contribution < 1.29 is 4.79 Å². The molecule has 0 radical (unpaired) electrons. The number of benzene rings is 1. The highest BCUT2D eigenvalue weighted by Crippen LogP contribution is 2.23. The van der Waals surface area contributed by atoms with Gasteiger partial charge in [0.2, 0.25) is 0 Å². The smallest absolute Gasteiger partial charge is 0.257 e. The largest absolute Gasteiger partial charge is 0.307 e. The number of hydrogen-bond donors (Lipinski definition) is 1. The number of thioether (sulfide) groups is 1. The number of aromatic nitrogens is 3. The fraction of sp³-hybridized carbons (Fsp3) is 0.0556. The molecule has 0 unspecified atom stereocenters. The molecule has 124 valence electrons. The molecule has 1 aromatic carbocycles. The van der Waals surface area contributed by atoms with E-state index in [-0.39, 0.29) is 5.91 Å². The molecule has 1 amide bonds. The Morgan fingerprint density at radius 3 is 2.84 bits per heavy atom. The summed E-state index contributed by atoms with van der Waals surface area (Å²) < 4.78 is 2.02. The molecule has 0 aliphatic rings. The van der Waals surface area contributed by atoms with E-state index < -0.39 is 0 Å². The Morgan fingerprint density at radius 2 is 2.08 bits per heavy atom. The summed E-state index contributed by atoms with van der Waals surface area (Å²) in [6, 6.07) is 13.5. The Morgan fingerprint density at radius 1 is 1.20 bits per heavy atom. The summed E-state index contributed by atoms with van der Waals surface area (Å²) in [5.41, 5.74) is 2.60. The van der Waals surface area contributed by atoms with E-state index in [2.05, 4.69) is 15.3 Å². The average molecular weight is 366 g/mol. The first-order valence-corrected chi connectivity index (χ1v) is 9.51. The maximum absolute atomic E-state index is 12.1. The lowest BCUT2D eigenvalue weighted by Crippen LogP contribution is -2.11. The Labute approximate surface area is 152 Å². The fourth-order valence-electron chi connectivity index (χ4n) is 2.37. The van der Waals surface area contributed by atoms with Gasteiger partial charge in [0.15, 0.2) is 5.13 Å². The van der Waals surface area contributed by atoms with Crippen molar-refractivity contribution in [3.8, 4) is 0 Å². The third-order valence-corrected chi connectivity index (χ3v) is 5.30. The number of nitrogens with one attached hydrogen (secondary N) is 1. The second-order valence-electron chi connectivity index (χ2n) is 5.30. The summed E-state index contributed by atoms with van der Waals surface area (Å²) in [5.74, 6) is 0.638. The fourth-order valence-corrected chi connectivity index (χ4v) is 3.68. The Kier molecular flexibility index (Phi) is 4.49. The predicted octanol–water partition coefficient (Wildman–Crippen LogP) is 4.34. The topological polar surface area (TPSA) is 59.3 Å². The van der Waals surface area contributed by atoms with Gasteiger partial charge in [0.1, 0.15) is 5.65 Å². The summed E-state index contributed by atoms with van der Waals surface area (Å²) in [4.78, 5) is 21.9.